The fraction of sp³-hybridized carbons (Fsp3) is 0.905. The van der Waals surface area contributed by atoms with E-state index in [2.05, 4.69) is 21.6 Å². The fourth-order valence-corrected chi connectivity index (χ4v) is 3.83. The van der Waals surface area contributed by atoms with E-state index in [1.54, 1.807) is 0 Å². The molecule has 5 heteroatoms. The summed E-state index contributed by atoms with van der Waals surface area (Å²) in [5, 5.41) is 0. The molecule has 5 nitrogen and oxygen atoms in total. The molecule has 0 saturated carbocycles. The van der Waals surface area contributed by atoms with E-state index in [9.17, 15) is 9.59 Å². The van der Waals surface area contributed by atoms with Gasteiger partial charge in [0.05, 0.1) is 13.1 Å². The average molecular weight is 366 g/mol. The van der Waals surface area contributed by atoms with Crippen molar-refractivity contribution in [2.45, 2.75) is 47.0 Å². The second-order valence-electron chi connectivity index (χ2n) is 8.69. The van der Waals surface area contributed by atoms with Crippen LogP contribution in [0.25, 0.3) is 0 Å². The molecule has 0 aromatic heterocycles. The molecule has 26 heavy (non-hydrogen) atoms. The van der Waals surface area contributed by atoms with Gasteiger partial charge in [0, 0.05) is 44.6 Å². The number of likely N-dealkylation sites (tertiary alicyclic amines) is 1. The van der Waals surface area contributed by atoms with Gasteiger partial charge in [-0.25, -0.2) is 0 Å². The largest absolute Gasteiger partial charge is 0.301 e. The minimum absolute atomic E-state index is 0.144. The highest BCUT2D eigenvalue weighted by Crippen LogP contribution is 2.20. The van der Waals surface area contributed by atoms with Gasteiger partial charge in [-0.3, -0.25) is 19.4 Å². The maximum Gasteiger partial charge on any atom is 0.149 e. The molecule has 2 aliphatic heterocycles. The molecule has 150 valence electrons. The van der Waals surface area contributed by atoms with Crippen LogP contribution in [-0.4, -0.2) is 85.2 Å². The second-order valence-corrected chi connectivity index (χ2v) is 8.69. The molecule has 2 aliphatic rings. The lowest BCUT2D eigenvalue weighted by molar-refractivity contribution is -0.124. The SMILES string of the molecule is CCC(C)C(=O)CN1CCC(CN2CCN(CC(=O)C(C)C)CC2)CC1. The molecule has 0 N–H and O–H groups in total. The first kappa shape index (κ1) is 21.5. The smallest absolute Gasteiger partial charge is 0.149 e. The summed E-state index contributed by atoms with van der Waals surface area (Å²) in [6, 6.07) is 0. The second kappa shape index (κ2) is 10.5. The van der Waals surface area contributed by atoms with E-state index < -0.39 is 0 Å². The first-order valence-electron chi connectivity index (χ1n) is 10.6. The minimum Gasteiger partial charge on any atom is -0.301 e. The number of piperidine rings is 1. The van der Waals surface area contributed by atoms with E-state index in [0.717, 1.165) is 51.6 Å². The molecule has 0 aromatic carbocycles. The van der Waals surface area contributed by atoms with Gasteiger partial charge in [-0.1, -0.05) is 27.7 Å². The third kappa shape index (κ3) is 6.75. The van der Waals surface area contributed by atoms with E-state index in [1.165, 1.54) is 19.4 Å². The molecule has 1 unspecified atom stereocenters. The first-order chi connectivity index (χ1) is 12.4. The van der Waals surface area contributed by atoms with Crippen LogP contribution in [0.2, 0.25) is 0 Å². The van der Waals surface area contributed by atoms with Gasteiger partial charge in [0.1, 0.15) is 11.6 Å². The van der Waals surface area contributed by atoms with Gasteiger partial charge in [0.15, 0.2) is 0 Å². The van der Waals surface area contributed by atoms with Crippen molar-refractivity contribution in [3.8, 4) is 0 Å². The average Bonchev–Trinajstić information content (AvgIpc) is 2.64. The molecule has 1 atom stereocenters. The molecule has 0 amide bonds. The highest BCUT2D eigenvalue weighted by molar-refractivity contribution is 5.82. The van der Waals surface area contributed by atoms with Gasteiger partial charge < -0.3 is 4.90 Å². The number of carbonyl (C=O) groups excluding carboxylic acids is 2. The summed E-state index contributed by atoms with van der Waals surface area (Å²) in [5.74, 6) is 1.86. The Morgan fingerprint density at radius 3 is 1.85 bits per heavy atom. The molecule has 0 aromatic rings. The lowest BCUT2D eigenvalue weighted by Gasteiger charge is -2.38. The van der Waals surface area contributed by atoms with Crippen molar-refractivity contribution < 1.29 is 9.59 Å². The van der Waals surface area contributed by atoms with Crippen LogP contribution in [0.4, 0.5) is 0 Å². The van der Waals surface area contributed by atoms with Crippen LogP contribution >= 0.6 is 0 Å². The molecule has 2 heterocycles. The number of Topliss-reactive ketones (excluding diaryl/α,β-unsaturated/α-hetero) is 2. The Morgan fingerprint density at radius 1 is 0.808 bits per heavy atom. The Hall–Kier alpha value is -0.780. The Morgan fingerprint density at radius 2 is 1.31 bits per heavy atom. The van der Waals surface area contributed by atoms with Crippen LogP contribution in [0.1, 0.15) is 47.0 Å². The standard InChI is InChI=1S/C21H39N3O2/c1-5-18(4)21(26)16-22-8-6-19(7-9-22)14-23-10-12-24(13-11-23)15-20(25)17(2)3/h17-19H,5-16H2,1-4H3. The number of hydrogen-bond donors (Lipinski definition) is 0. The van der Waals surface area contributed by atoms with E-state index in [4.69, 9.17) is 0 Å². The summed E-state index contributed by atoms with van der Waals surface area (Å²) >= 11 is 0. The van der Waals surface area contributed by atoms with Crippen molar-refractivity contribution in [2.75, 3.05) is 58.9 Å². The van der Waals surface area contributed by atoms with Crippen molar-refractivity contribution in [3.05, 3.63) is 0 Å². The summed E-state index contributed by atoms with van der Waals surface area (Å²) in [4.78, 5) is 31.2. The van der Waals surface area contributed by atoms with Crippen molar-refractivity contribution in [3.63, 3.8) is 0 Å². The molecule has 2 rings (SSSR count). The molecule has 0 spiro atoms. The van der Waals surface area contributed by atoms with Crippen LogP contribution in [0, 0.1) is 17.8 Å². The van der Waals surface area contributed by atoms with Crippen molar-refractivity contribution in [1.82, 2.24) is 14.7 Å². The third-order valence-corrected chi connectivity index (χ3v) is 6.25. The summed E-state index contributed by atoms with van der Waals surface area (Å²) in [7, 11) is 0. The highest BCUT2D eigenvalue weighted by Gasteiger charge is 2.26. The third-order valence-electron chi connectivity index (χ3n) is 6.25. The van der Waals surface area contributed by atoms with E-state index in [0.29, 0.717) is 24.7 Å². The number of carbonyl (C=O) groups is 2. The summed E-state index contributed by atoms with van der Waals surface area (Å²) < 4.78 is 0. The fourth-order valence-electron chi connectivity index (χ4n) is 3.83. The lowest BCUT2D eigenvalue weighted by atomic mass is 9.95. The zero-order valence-corrected chi connectivity index (χ0v) is 17.4. The number of rotatable bonds is 9. The van der Waals surface area contributed by atoms with Crippen LogP contribution in [0.15, 0.2) is 0 Å². The highest BCUT2D eigenvalue weighted by atomic mass is 16.1. The Kier molecular flexibility index (Phi) is 8.71. The first-order valence-corrected chi connectivity index (χ1v) is 10.6. The molecule has 0 bridgehead atoms. The molecular formula is C21H39N3O2. The van der Waals surface area contributed by atoms with E-state index in [1.807, 2.05) is 20.8 Å². The van der Waals surface area contributed by atoms with Crippen molar-refractivity contribution >= 4 is 11.6 Å². The monoisotopic (exact) mass is 365 g/mol. The van der Waals surface area contributed by atoms with Crippen LogP contribution in [0.5, 0.6) is 0 Å². The Bertz CT molecular complexity index is 450. The quantitative estimate of drug-likeness (QED) is 0.626. The number of nitrogens with zero attached hydrogens (tertiary/aromatic N) is 3. The van der Waals surface area contributed by atoms with Crippen molar-refractivity contribution in [1.29, 1.82) is 0 Å². The van der Waals surface area contributed by atoms with Gasteiger partial charge in [-0.2, -0.15) is 0 Å². The van der Waals surface area contributed by atoms with Crippen LogP contribution in [0.3, 0.4) is 0 Å². The molecule has 0 radical (unpaired) electrons. The Labute approximate surface area is 160 Å². The van der Waals surface area contributed by atoms with Crippen LogP contribution < -0.4 is 0 Å². The maximum absolute atomic E-state index is 12.1. The van der Waals surface area contributed by atoms with Crippen LogP contribution in [-0.2, 0) is 9.59 Å². The van der Waals surface area contributed by atoms with E-state index >= 15 is 0 Å². The number of hydrogen-bond acceptors (Lipinski definition) is 5. The lowest BCUT2D eigenvalue weighted by Crippen LogP contribution is -2.50. The molecule has 2 saturated heterocycles. The zero-order chi connectivity index (χ0) is 19.1. The number of ketones is 2. The van der Waals surface area contributed by atoms with Gasteiger partial charge >= 0.3 is 0 Å². The zero-order valence-electron chi connectivity index (χ0n) is 17.4. The summed E-state index contributed by atoms with van der Waals surface area (Å²) in [6.45, 7) is 16.9. The van der Waals surface area contributed by atoms with Gasteiger partial charge in [0.25, 0.3) is 0 Å². The van der Waals surface area contributed by atoms with Gasteiger partial charge in [0.2, 0.25) is 0 Å². The normalized spacial score (nSPS) is 22.7. The van der Waals surface area contributed by atoms with Gasteiger partial charge in [-0.05, 0) is 38.3 Å². The molecule has 0 aliphatic carbocycles. The molecule has 2 fully saturated rings. The van der Waals surface area contributed by atoms with Gasteiger partial charge in [-0.15, -0.1) is 0 Å². The number of piperazine rings is 1. The van der Waals surface area contributed by atoms with Crippen molar-refractivity contribution in [2.24, 2.45) is 17.8 Å². The predicted octanol–water partition coefficient (Wildman–Crippen LogP) is 2.16. The summed E-state index contributed by atoms with van der Waals surface area (Å²) in [6.07, 6.45) is 3.36. The Balaban J connectivity index is 1.63. The predicted molar refractivity (Wildman–Crippen MR) is 106 cm³/mol. The van der Waals surface area contributed by atoms with E-state index in [-0.39, 0.29) is 11.8 Å². The molecular weight excluding hydrogens is 326 g/mol. The topological polar surface area (TPSA) is 43.9 Å². The minimum atomic E-state index is 0.144. The maximum atomic E-state index is 12.1. The summed E-state index contributed by atoms with van der Waals surface area (Å²) in [5.41, 5.74) is 0.